The number of halogens is 1. The molecule has 2 aromatic carbocycles. The molecule has 2 aromatic rings. The van der Waals surface area contributed by atoms with E-state index in [-0.39, 0.29) is 10.6 Å². The van der Waals surface area contributed by atoms with Gasteiger partial charge in [0.25, 0.3) is 5.91 Å². The van der Waals surface area contributed by atoms with Crippen LogP contribution < -0.4 is 10.6 Å². The minimum Gasteiger partial charge on any atom is -0.351 e. The number of anilines is 1. The van der Waals surface area contributed by atoms with Crippen LogP contribution in [0.15, 0.2) is 54.6 Å². The minimum atomic E-state index is -0.851. The molecule has 96 valence electrons. The van der Waals surface area contributed by atoms with Crippen LogP contribution in [0, 0.1) is 0 Å². The van der Waals surface area contributed by atoms with Crippen molar-refractivity contribution in [3.63, 3.8) is 0 Å². The van der Waals surface area contributed by atoms with Crippen LogP contribution in [-0.4, -0.2) is 11.9 Å². The average Bonchev–Trinajstić information content (AvgIpc) is 2.40. The number of hydrogen-bond donors (Lipinski definition) is 1. The van der Waals surface area contributed by atoms with E-state index in [2.05, 4.69) is 0 Å². The number of carbonyl (C=O) groups excluding carboxylic acids is 2. The molecule has 0 heterocycles. The Bertz CT molecular complexity index is 614. The molecular formula is C14H11ClN2O2. The number of urea groups is 1. The first-order chi connectivity index (χ1) is 9.11. The van der Waals surface area contributed by atoms with Crippen molar-refractivity contribution in [2.75, 3.05) is 4.90 Å². The summed E-state index contributed by atoms with van der Waals surface area (Å²) in [7, 11) is 0. The fraction of sp³-hybridized carbons (Fsp3) is 0. The van der Waals surface area contributed by atoms with Gasteiger partial charge in [-0.3, -0.25) is 4.79 Å². The molecule has 2 N–H and O–H groups in total. The lowest BCUT2D eigenvalue weighted by molar-refractivity contribution is 0.0995. The fourth-order valence-electron chi connectivity index (χ4n) is 1.68. The normalized spacial score (nSPS) is 9.95. The summed E-state index contributed by atoms with van der Waals surface area (Å²) in [4.78, 5) is 24.7. The predicted molar refractivity (Wildman–Crippen MR) is 74.3 cm³/mol. The van der Waals surface area contributed by atoms with Crippen molar-refractivity contribution in [3.8, 4) is 0 Å². The smallest absolute Gasteiger partial charge is 0.326 e. The summed E-state index contributed by atoms with van der Waals surface area (Å²) in [6.45, 7) is 0. The number of rotatable bonds is 2. The molecule has 0 saturated carbocycles. The van der Waals surface area contributed by atoms with Gasteiger partial charge in [0.05, 0.1) is 16.3 Å². The second-order valence-electron chi connectivity index (χ2n) is 3.79. The molecule has 0 radical (unpaired) electrons. The Morgan fingerprint density at radius 2 is 1.53 bits per heavy atom. The summed E-state index contributed by atoms with van der Waals surface area (Å²) in [5, 5.41) is 0.273. The zero-order valence-corrected chi connectivity index (χ0v) is 10.7. The first-order valence-corrected chi connectivity index (χ1v) is 5.92. The minimum absolute atomic E-state index is 0.229. The van der Waals surface area contributed by atoms with Gasteiger partial charge in [-0.15, -0.1) is 0 Å². The second-order valence-corrected chi connectivity index (χ2v) is 4.20. The van der Waals surface area contributed by atoms with Gasteiger partial charge >= 0.3 is 6.03 Å². The van der Waals surface area contributed by atoms with Crippen LogP contribution in [0.25, 0.3) is 0 Å². The van der Waals surface area contributed by atoms with Crippen molar-refractivity contribution < 1.29 is 9.59 Å². The monoisotopic (exact) mass is 274 g/mol. The van der Waals surface area contributed by atoms with Gasteiger partial charge < -0.3 is 5.73 Å². The van der Waals surface area contributed by atoms with Crippen molar-refractivity contribution in [3.05, 3.63) is 65.2 Å². The highest BCUT2D eigenvalue weighted by molar-refractivity contribution is 6.35. The van der Waals surface area contributed by atoms with E-state index < -0.39 is 11.9 Å². The third-order valence-electron chi connectivity index (χ3n) is 2.54. The zero-order valence-electron chi connectivity index (χ0n) is 9.92. The largest absolute Gasteiger partial charge is 0.351 e. The molecule has 4 nitrogen and oxygen atoms in total. The second kappa shape index (κ2) is 5.54. The van der Waals surface area contributed by atoms with E-state index >= 15 is 0 Å². The van der Waals surface area contributed by atoms with Crippen molar-refractivity contribution in [2.45, 2.75) is 0 Å². The van der Waals surface area contributed by atoms with Gasteiger partial charge in [0.2, 0.25) is 0 Å². The van der Waals surface area contributed by atoms with Crippen LogP contribution in [0.3, 0.4) is 0 Å². The number of nitrogens with zero attached hydrogens (tertiary/aromatic N) is 1. The zero-order chi connectivity index (χ0) is 13.8. The van der Waals surface area contributed by atoms with Crippen molar-refractivity contribution >= 4 is 29.2 Å². The molecule has 0 bridgehead atoms. The lowest BCUT2D eigenvalue weighted by Crippen LogP contribution is -2.41. The Morgan fingerprint density at radius 1 is 0.947 bits per heavy atom. The molecule has 19 heavy (non-hydrogen) atoms. The summed E-state index contributed by atoms with van der Waals surface area (Å²) < 4.78 is 0. The molecule has 2 rings (SSSR count). The van der Waals surface area contributed by atoms with Crippen LogP contribution in [0.2, 0.25) is 5.02 Å². The molecule has 0 aromatic heterocycles. The van der Waals surface area contributed by atoms with Gasteiger partial charge in [-0.1, -0.05) is 41.9 Å². The maximum Gasteiger partial charge on any atom is 0.326 e. The highest BCUT2D eigenvalue weighted by atomic mass is 35.5. The van der Waals surface area contributed by atoms with Gasteiger partial charge in [0.1, 0.15) is 0 Å². The molecule has 0 atom stereocenters. The van der Waals surface area contributed by atoms with E-state index in [1.54, 1.807) is 54.6 Å². The standard InChI is InChI=1S/C14H11ClN2O2/c15-12-9-5-4-8-11(12)13(18)17(14(16)19)10-6-2-1-3-7-10/h1-9H,(H2,16,19). The van der Waals surface area contributed by atoms with E-state index in [4.69, 9.17) is 17.3 Å². The summed E-state index contributed by atoms with van der Waals surface area (Å²) in [6.07, 6.45) is 0. The van der Waals surface area contributed by atoms with Crippen LogP contribution >= 0.6 is 11.6 Å². The molecule has 0 spiro atoms. The third-order valence-corrected chi connectivity index (χ3v) is 2.87. The molecule has 0 fully saturated rings. The van der Waals surface area contributed by atoms with E-state index in [1.807, 2.05) is 0 Å². The molecule has 0 aliphatic heterocycles. The maximum absolute atomic E-state index is 12.3. The Labute approximate surface area is 115 Å². The quantitative estimate of drug-likeness (QED) is 0.915. The van der Waals surface area contributed by atoms with Crippen LogP contribution in [0.1, 0.15) is 10.4 Å². The summed E-state index contributed by atoms with van der Waals surface area (Å²) in [5.41, 5.74) is 5.91. The van der Waals surface area contributed by atoms with Crippen molar-refractivity contribution in [1.82, 2.24) is 0 Å². The predicted octanol–water partition coefficient (Wildman–Crippen LogP) is 3.07. The van der Waals surface area contributed by atoms with Gasteiger partial charge in [-0.25, -0.2) is 9.69 Å². The Morgan fingerprint density at radius 3 is 2.11 bits per heavy atom. The molecule has 0 saturated heterocycles. The topological polar surface area (TPSA) is 63.4 Å². The van der Waals surface area contributed by atoms with Gasteiger partial charge in [0, 0.05) is 0 Å². The van der Waals surface area contributed by atoms with Crippen LogP contribution in [-0.2, 0) is 0 Å². The van der Waals surface area contributed by atoms with E-state index in [0.717, 1.165) is 4.90 Å². The summed E-state index contributed by atoms with van der Waals surface area (Å²) in [6, 6.07) is 14.1. The molecule has 5 heteroatoms. The van der Waals surface area contributed by atoms with Crippen molar-refractivity contribution in [1.29, 1.82) is 0 Å². The number of hydrogen-bond acceptors (Lipinski definition) is 2. The Hall–Kier alpha value is -2.33. The molecule has 0 unspecified atom stereocenters. The number of carbonyl (C=O) groups is 2. The lowest BCUT2D eigenvalue weighted by Gasteiger charge is -2.19. The molecular weight excluding hydrogens is 264 g/mol. The number of primary amides is 1. The van der Waals surface area contributed by atoms with Crippen molar-refractivity contribution in [2.24, 2.45) is 5.73 Å². The van der Waals surface area contributed by atoms with Crippen LogP contribution in [0.4, 0.5) is 10.5 Å². The van der Waals surface area contributed by atoms with E-state index in [9.17, 15) is 9.59 Å². The number of amides is 3. The number of benzene rings is 2. The maximum atomic E-state index is 12.3. The summed E-state index contributed by atoms with van der Waals surface area (Å²) >= 11 is 5.96. The van der Waals surface area contributed by atoms with Gasteiger partial charge in [0.15, 0.2) is 0 Å². The molecule has 0 aliphatic carbocycles. The van der Waals surface area contributed by atoms with E-state index in [0.29, 0.717) is 5.69 Å². The van der Waals surface area contributed by atoms with Gasteiger partial charge in [-0.05, 0) is 24.3 Å². The van der Waals surface area contributed by atoms with E-state index in [1.165, 1.54) is 0 Å². The number of nitrogens with two attached hydrogens (primary N) is 1. The summed E-state index contributed by atoms with van der Waals surface area (Å²) in [5.74, 6) is -0.552. The lowest BCUT2D eigenvalue weighted by atomic mass is 10.2. The van der Waals surface area contributed by atoms with Gasteiger partial charge in [-0.2, -0.15) is 0 Å². The number of imide groups is 1. The highest BCUT2D eigenvalue weighted by Gasteiger charge is 2.23. The first kappa shape index (κ1) is 13.1. The Kier molecular flexibility index (Phi) is 3.82. The molecule has 0 aliphatic rings. The average molecular weight is 275 g/mol. The van der Waals surface area contributed by atoms with Crippen LogP contribution in [0.5, 0.6) is 0 Å². The first-order valence-electron chi connectivity index (χ1n) is 5.54. The Balaban J connectivity index is 2.44. The fourth-order valence-corrected chi connectivity index (χ4v) is 1.89. The third kappa shape index (κ3) is 2.74. The SMILES string of the molecule is NC(=O)N(C(=O)c1ccccc1Cl)c1ccccc1. The molecule has 3 amide bonds. The number of para-hydroxylation sites is 1. The highest BCUT2D eigenvalue weighted by Crippen LogP contribution is 2.21.